The van der Waals surface area contributed by atoms with Gasteiger partial charge in [0.2, 0.25) is 0 Å². The number of carbonyl (C=O) groups is 2. The highest BCUT2D eigenvalue weighted by atomic mass is 16.6. The zero-order valence-electron chi connectivity index (χ0n) is 14.6. The van der Waals surface area contributed by atoms with E-state index in [1.54, 1.807) is 24.1 Å². The van der Waals surface area contributed by atoms with E-state index in [1.807, 2.05) is 32.9 Å². The fourth-order valence-electron chi connectivity index (χ4n) is 2.93. The molecule has 0 aliphatic carbocycles. The zero-order chi connectivity index (χ0) is 17.9. The third kappa shape index (κ3) is 4.40. The molecule has 24 heavy (non-hydrogen) atoms. The highest BCUT2D eigenvalue weighted by Gasteiger charge is 2.37. The Morgan fingerprint density at radius 2 is 1.83 bits per heavy atom. The van der Waals surface area contributed by atoms with E-state index in [0.29, 0.717) is 25.3 Å². The first kappa shape index (κ1) is 18.1. The molecule has 1 N–H and O–H groups in total. The van der Waals surface area contributed by atoms with E-state index >= 15 is 0 Å². The van der Waals surface area contributed by atoms with Crippen LogP contribution in [0.4, 0.5) is 4.79 Å². The molecule has 6 nitrogen and oxygen atoms in total. The van der Waals surface area contributed by atoms with Gasteiger partial charge in [0, 0.05) is 19.0 Å². The summed E-state index contributed by atoms with van der Waals surface area (Å²) in [6.07, 6.45) is 0.00972. The normalized spacial score (nSPS) is 21.2. The number of likely N-dealkylation sites (tertiary alicyclic amines) is 1. The summed E-state index contributed by atoms with van der Waals surface area (Å²) in [5.41, 5.74) is 0.313. The highest BCUT2D eigenvalue weighted by Crippen LogP contribution is 2.34. The number of carbonyl (C=O) groups excluding carboxylic acids is 1. The van der Waals surface area contributed by atoms with E-state index in [-0.39, 0.29) is 5.92 Å². The average molecular weight is 335 g/mol. The van der Waals surface area contributed by atoms with Crippen molar-refractivity contribution in [2.75, 3.05) is 20.2 Å². The summed E-state index contributed by atoms with van der Waals surface area (Å²) in [6.45, 7) is 6.16. The minimum Gasteiger partial charge on any atom is -0.497 e. The van der Waals surface area contributed by atoms with Crippen LogP contribution in [0.25, 0.3) is 0 Å². The van der Waals surface area contributed by atoms with Crippen LogP contribution in [0.2, 0.25) is 0 Å². The Morgan fingerprint density at radius 3 is 2.33 bits per heavy atom. The Morgan fingerprint density at radius 1 is 1.21 bits per heavy atom. The lowest BCUT2D eigenvalue weighted by Gasteiger charge is -2.37. The Balaban J connectivity index is 2.19. The molecule has 2 unspecified atom stereocenters. The van der Waals surface area contributed by atoms with Crippen LogP contribution in [-0.4, -0.2) is 47.9 Å². The molecule has 1 aliphatic heterocycles. The van der Waals surface area contributed by atoms with Gasteiger partial charge in [0.15, 0.2) is 0 Å². The number of benzene rings is 1. The van der Waals surface area contributed by atoms with Crippen LogP contribution < -0.4 is 4.74 Å². The molecule has 0 bridgehead atoms. The maximum atomic E-state index is 12.3. The van der Waals surface area contributed by atoms with E-state index in [0.717, 1.165) is 5.56 Å². The van der Waals surface area contributed by atoms with Crippen LogP contribution in [-0.2, 0) is 9.53 Å². The Labute approximate surface area is 142 Å². The molecule has 0 radical (unpaired) electrons. The van der Waals surface area contributed by atoms with Crippen LogP contribution in [0.15, 0.2) is 24.3 Å². The molecule has 1 aromatic carbocycles. The van der Waals surface area contributed by atoms with Gasteiger partial charge in [-0.3, -0.25) is 4.79 Å². The lowest BCUT2D eigenvalue weighted by molar-refractivity contribution is -0.144. The van der Waals surface area contributed by atoms with Crippen molar-refractivity contribution >= 4 is 12.1 Å². The second-order valence-electron chi connectivity index (χ2n) is 7.04. The van der Waals surface area contributed by atoms with Crippen LogP contribution in [0.3, 0.4) is 0 Å². The smallest absolute Gasteiger partial charge is 0.410 e. The molecule has 0 saturated carbocycles. The topological polar surface area (TPSA) is 76.1 Å². The van der Waals surface area contributed by atoms with Crippen LogP contribution >= 0.6 is 0 Å². The second-order valence-corrected chi connectivity index (χ2v) is 7.04. The lowest BCUT2D eigenvalue weighted by atomic mass is 9.81. The summed E-state index contributed by atoms with van der Waals surface area (Å²) in [6, 6.07) is 7.33. The number of piperidine rings is 1. The molecule has 1 aliphatic rings. The van der Waals surface area contributed by atoms with Gasteiger partial charge in [-0.25, -0.2) is 4.79 Å². The predicted molar refractivity (Wildman–Crippen MR) is 89.3 cm³/mol. The van der Waals surface area contributed by atoms with E-state index in [9.17, 15) is 14.7 Å². The maximum Gasteiger partial charge on any atom is 0.410 e. The zero-order valence-corrected chi connectivity index (χ0v) is 14.6. The van der Waals surface area contributed by atoms with Crippen molar-refractivity contribution in [3.05, 3.63) is 29.8 Å². The van der Waals surface area contributed by atoms with Crippen molar-refractivity contribution in [3.8, 4) is 5.75 Å². The first-order valence-corrected chi connectivity index (χ1v) is 8.06. The molecular formula is C18H25NO5. The van der Waals surface area contributed by atoms with Crippen molar-refractivity contribution in [3.63, 3.8) is 0 Å². The fraction of sp³-hybridized carbons (Fsp3) is 0.556. The predicted octanol–water partition coefficient (Wildman–Crippen LogP) is 3.12. The summed E-state index contributed by atoms with van der Waals surface area (Å²) >= 11 is 0. The van der Waals surface area contributed by atoms with Crippen LogP contribution in [0.5, 0.6) is 5.75 Å². The van der Waals surface area contributed by atoms with E-state index in [2.05, 4.69) is 0 Å². The molecule has 1 fully saturated rings. The molecule has 1 heterocycles. The summed E-state index contributed by atoms with van der Waals surface area (Å²) in [7, 11) is 1.58. The third-order valence-electron chi connectivity index (χ3n) is 4.13. The van der Waals surface area contributed by atoms with Crippen molar-refractivity contribution in [2.24, 2.45) is 5.92 Å². The molecule has 2 rings (SSSR count). The number of hydrogen-bond acceptors (Lipinski definition) is 4. The Kier molecular flexibility index (Phi) is 5.36. The molecule has 6 heteroatoms. The standard InChI is InChI=1S/C18H25NO5/c1-18(2,3)24-17(22)19-10-9-14(16(20)21)15(11-19)12-5-7-13(23-4)8-6-12/h5-8,14-15H,9-11H2,1-4H3,(H,20,21). The van der Waals surface area contributed by atoms with Gasteiger partial charge < -0.3 is 19.5 Å². The molecule has 0 spiro atoms. The van der Waals surface area contributed by atoms with Gasteiger partial charge in [-0.1, -0.05) is 12.1 Å². The van der Waals surface area contributed by atoms with Crippen molar-refractivity contribution in [1.29, 1.82) is 0 Å². The number of rotatable bonds is 3. The summed E-state index contributed by atoms with van der Waals surface area (Å²) in [4.78, 5) is 25.5. The first-order valence-electron chi connectivity index (χ1n) is 8.06. The lowest BCUT2D eigenvalue weighted by Crippen LogP contribution is -2.46. The number of carboxylic acids is 1. The first-order chi connectivity index (χ1) is 11.2. The Bertz CT molecular complexity index is 590. The van der Waals surface area contributed by atoms with Crippen LogP contribution in [0.1, 0.15) is 38.7 Å². The number of ether oxygens (including phenoxy) is 2. The van der Waals surface area contributed by atoms with Gasteiger partial charge in [0.05, 0.1) is 13.0 Å². The van der Waals surface area contributed by atoms with Crippen molar-refractivity contribution in [1.82, 2.24) is 4.90 Å². The molecular weight excluding hydrogens is 310 g/mol. The van der Waals surface area contributed by atoms with Crippen molar-refractivity contribution < 1.29 is 24.2 Å². The molecule has 1 aromatic rings. The average Bonchev–Trinajstić information content (AvgIpc) is 2.52. The fourth-order valence-corrected chi connectivity index (χ4v) is 2.93. The number of hydrogen-bond donors (Lipinski definition) is 1. The summed E-state index contributed by atoms with van der Waals surface area (Å²) in [5, 5.41) is 9.52. The van der Waals surface area contributed by atoms with Gasteiger partial charge >= 0.3 is 12.1 Å². The molecule has 1 amide bonds. The maximum absolute atomic E-state index is 12.3. The number of amides is 1. The van der Waals surface area contributed by atoms with Gasteiger partial charge in [-0.15, -0.1) is 0 Å². The number of methoxy groups -OCH3 is 1. The van der Waals surface area contributed by atoms with E-state index in [1.165, 1.54) is 0 Å². The van der Waals surface area contributed by atoms with Gasteiger partial charge in [0.25, 0.3) is 0 Å². The summed E-state index contributed by atoms with van der Waals surface area (Å²) in [5.74, 6) is -0.906. The van der Waals surface area contributed by atoms with Gasteiger partial charge in [-0.2, -0.15) is 0 Å². The third-order valence-corrected chi connectivity index (χ3v) is 4.13. The number of carboxylic acid groups (broad SMARTS) is 1. The minimum absolute atomic E-state index is 0.269. The van der Waals surface area contributed by atoms with Crippen molar-refractivity contribution in [2.45, 2.75) is 38.7 Å². The minimum atomic E-state index is -0.834. The molecule has 132 valence electrons. The Hall–Kier alpha value is -2.24. The second kappa shape index (κ2) is 7.11. The molecule has 1 saturated heterocycles. The summed E-state index contributed by atoms with van der Waals surface area (Å²) < 4.78 is 10.6. The van der Waals surface area contributed by atoms with Crippen LogP contribution in [0, 0.1) is 5.92 Å². The molecule has 2 atom stereocenters. The molecule has 0 aromatic heterocycles. The van der Waals surface area contributed by atoms with Gasteiger partial charge in [0.1, 0.15) is 11.4 Å². The quantitative estimate of drug-likeness (QED) is 0.918. The number of aliphatic carboxylic acids is 1. The van der Waals surface area contributed by atoms with Gasteiger partial charge in [-0.05, 0) is 44.9 Å². The largest absolute Gasteiger partial charge is 0.497 e. The van der Waals surface area contributed by atoms with E-state index < -0.39 is 23.6 Å². The van der Waals surface area contributed by atoms with E-state index in [4.69, 9.17) is 9.47 Å². The number of nitrogens with zero attached hydrogens (tertiary/aromatic N) is 1. The SMILES string of the molecule is COc1ccc(C2CN(C(=O)OC(C)(C)C)CCC2C(=O)O)cc1. The monoisotopic (exact) mass is 335 g/mol. The highest BCUT2D eigenvalue weighted by molar-refractivity contribution is 5.73.